The number of hydrogen-bond acceptors (Lipinski definition) is 3. The van der Waals surface area contributed by atoms with Crippen LogP contribution in [0, 0.1) is 0 Å². The average Bonchev–Trinajstić information content (AvgIpc) is 2.65. The molecule has 0 aromatic heterocycles. The van der Waals surface area contributed by atoms with Crippen LogP contribution >= 0.6 is 0 Å². The third-order valence-corrected chi connectivity index (χ3v) is 3.20. The SMILES string of the molecule is CC(C)OC(=O)N1C(c2ccccc2)COC1(C)C. The van der Waals surface area contributed by atoms with Crippen molar-refractivity contribution < 1.29 is 14.3 Å². The van der Waals surface area contributed by atoms with Gasteiger partial charge in [0.25, 0.3) is 0 Å². The largest absolute Gasteiger partial charge is 0.447 e. The van der Waals surface area contributed by atoms with Gasteiger partial charge in [0, 0.05) is 0 Å². The highest BCUT2D eigenvalue weighted by atomic mass is 16.6. The molecule has 1 aromatic rings. The molecule has 4 nitrogen and oxygen atoms in total. The van der Waals surface area contributed by atoms with Crippen molar-refractivity contribution in [3.05, 3.63) is 35.9 Å². The van der Waals surface area contributed by atoms with Gasteiger partial charge in [-0.3, -0.25) is 4.90 Å². The van der Waals surface area contributed by atoms with Gasteiger partial charge in [-0.1, -0.05) is 30.3 Å². The molecule has 1 heterocycles. The van der Waals surface area contributed by atoms with Crippen LogP contribution in [0.25, 0.3) is 0 Å². The first-order valence-electron chi connectivity index (χ1n) is 6.60. The van der Waals surface area contributed by atoms with Gasteiger partial charge in [0.15, 0.2) is 0 Å². The summed E-state index contributed by atoms with van der Waals surface area (Å²) in [5.74, 6) is 0. The molecule has 1 fully saturated rings. The molecule has 1 saturated heterocycles. The van der Waals surface area contributed by atoms with E-state index in [1.807, 2.05) is 58.0 Å². The summed E-state index contributed by atoms with van der Waals surface area (Å²) in [6, 6.07) is 9.80. The van der Waals surface area contributed by atoms with E-state index in [0.29, 0.717) is 6.61 Å². The lowest BCUT2D eigenvalue weighted by atomic mass is 10.1. The smallest absolute Gasteiger partial charge is 0.412 e. The van der Waals surface area contributed by atoms with Crippen molar-refractivity contribution in [3.63, 3.8) is 0 Å². The number of rotatable bonds is 2. The van der Waals surface area contributed by atoms with Crippen molar-refractivity contribution in [2.24, 2.45) is 0 Å². The first kappa shape index (κ1) is 13.9. The first-order valence-corrected chi connectivity index (χ1v) is 6.60. The van der Waals surface area contributed by atoms with Crippen molar-refractivity contribution in [3.8, 4) is 0 Å². The van der Waals surface area contributed by atoms with Gasteiger partial charge in [-0.25, -0.2) is 4.79 Å². The number of ether oxygens (including phenoxy) is 2. The van der Waals surface area contributed by atoms with Crippen molar-refractivity contribution in [2.75, 3.05) is 6.61 Å². The molecule has 0 spiro atoms. The molecule has 0 saturated carbocycles. The van der Waals surface area contributed by atoms with Crippen molar-refractivity contribution in [2.45, 2.75) is 45.6 Å². The third kappa shape index (κ3) is 2.89. The lowest BCUT2D eigenvalue weighted by Crippen LogP contribution is -2.45. The molecule has 104 valence electrons. The van der Waals surface area contributed by atoms with Crippen LogP contribution < -0.4 is 0 Å². The van der Waals surface area contributed by atoms with Gasteiger partial charge in [-0.15, -0.1) is 0 Å². The predicted octanol–water partition coefficient (Wildman–Crippen LogP) is 3.34. The number of hydrogen-bond donors (Lipinski definition) is 0. The predicted molar refractivity (Wildman–Crippen MR) is 72.7 cm³/mol. The van der Waals surface area contributed by atoms with Crippen molar-refractivity contribution >= 4 is 6.09 Å². The zero-order valence-electron chi connectivity index (χ0n) is 11.9. The van der Waals surface area contributed by atoms with E-state index in [0.717, 1.165) is 5.56 Å². The second-order valence-electron chi connectivity index (χ2n) is 5.49. The van der Waals surface area contributed by atoms with Gasteiger partial charge in [-0.2, -0.15) is 0 Å². The second-order valence-corrected chi connectivity index (χ2v) is 5.49. The van der Waals surface area contributed by atoms with Gasteiger partial charge < -0.3 is 9.47 Å². The molecule has 1 aliphatic rings. The van der Waals surface area contributed by atoms with E-state index >= 15 is 0 Å². The van der Waals surface area contributed by atoms with Gasteiger partial charge in [0.05, 0.1) is 18.8 Å². The van der Waals surface area contributed by atoms with Crippen LogP contribution in [-0.2, 0) is 9.47 Å². The maximum Gasteiger partial charge on any atom is 0.412 e. The van der Waals surface area contributed by atoms with Crippen LogP contribution in [0.4, 0.5) is 4.79 Å². The van der Waals surface area contributed by atoms with Crippen LogP contribution in [0.5, 0.6) is 0 Å². The summed E-state index contributed by atoms with van der Waals surface area (Å²) >= 11 is 0. The molecule has 1 atom stereocenters. The van der Waals surface area contributed by atoms with Gasteiger partial charge >= 0.3 is 6.09 Å². The molecule has 4 heteroatoms. The van der Waals surface area contributed by atoms with Crippen LogP contribution in [0.15, 0.2) is 30.3 Å². The van der Waals surface area contributed by atoms with Crippen LogP contribution in [0.1, 0.15) is 39.3 Å². The highest BCUT2D eigenvalue weighted by Crippen LogP contribution is 2.37. The average molecular weight is 263 g/mol. The van der Waals surface area contributed by atoms with Crippen molar-refractivity contribution in [1.82, 2.24) is 4.90 Å². The normalized spacial score (nSPS) is 21.7. The molecule has 19 heavy (non-hydrogen) atoms. The first-order chi connectivity index (χ1) is 8.92. The molecule has 0 radical (unpaired) electrons. The van der Waals surface area contributed by atoms with E-state index in [1.54, 1.807) is 4.90 Å². The Morgan fingerprint density at radius 2 is 2.00 bits per heavy atom. The summed E-state index contributed by atoms with van der Waals surface area (Å²) in [5, 5.41) is 0. The minimum atomic E-state index is -0.646. The van der Waals surface area contributed by atoms with Gasteiger partial charge in [0.2, 0.25) is 0 Å². The molecular weight excluding hydrogens is 242 g/mol. The highest BCUT2D eigenvalue weighted by Gasteiger charge is 2.45. The van der Waals surface area contributed by atoms with E-state index in [-0.39, 0.29) is 18.2 Å². The Morgan fingerprint density at radius 1 is 1.37 bits per heavy atom. The lowest BCUT2D eigenvalue weighted by molar-refractivity contribution is -0.0521. The Bertz CT molecular complexity index is 442. The van der Waals surface area contributed by atoms with Crippen LogP contribution in [0.2, 0.25) is 0 Å². The minimum absolute atomic E-state index is 0.0950. The molecule has 1 aliphatic heterocycles. The second kappa shape index (κ2) is 5.21. The maximum atomic E-state index is 12.3. The van der Waals surface area contributed by atoms with E-state index in [2.05, 4.69) is 0 Å². The number of amides is 1. The summed E-state index contributed by atoms with van der Waals surface area (Å²) in [6.07, 6.45) is -0.466. The van der Waals surface area contributed by atoms with Crippen LogP contribution in [-0.4, -0.2) is 29.4 Å². The standard InChI is InChI=1S/C15H21NO3/c1-11(2)19-14(17)16-13(10-18-15(16,3)4)12-8-6-5-7-9-12/h5-9,11,13H,10H2,1-4H3. The number of carbonyl (C=O) groups excluding carboxylic acids is 1. The van der Waals surface area contributed by atoms with E-state index in [4.69, 9.17) is 9.47 Å². The molecule has 0 N–H and O–H groups in total. The van der Waals surface area contributed by atoms with Crippen molar-refractivity contribution in [1.29, 1.82) is 0 Å². The zero-order valence-corrected chi connectivity index (χ0v) is 11.9. The minimum Gasteiger partial charge on any atom is -0.447 e. The molecule has 0 aliphatic carbocycles. The summed E-state index contributed by atoms with van der Waals surface area (Å²) in [5.41, 5.74) is 0.417. The number of nitrogens with zero attached hydrogens (tertiary/aromatic N) is 1. The molecule has 1 aromatic carbocycles. The Balaban J connectivity index is 2.26. The number of carbonyl (C=O) groups is 1. The van der Waals surface area contributed by atoms with Gasteiger partial charge in [0.1, 0.15) is 5.72 Å². The quantitative estimate of drug-likeness (QED) is 0.821. The Morgan fingerprint density at radius 3 is 2.58 bits per heavy atom. The third-order valence-electron chi connectivity index (χ3n) is 3.20. The summed E-state index contributed by atoms with van der Waals surface area (Å²) in [7, 11) is 0. The lowest BCUT2D eigenvalue weighted by Gasteiger charge is -2.33. The monoisotopic (exact) mass is 263 g/mol. The van der Waals surface area contributed by atoms with Crippen LogP contribution in [0.3, 0.4) is 0 Å². The zero-order chi connectivity index (χ0) is 14.0. The molecule has 2 rings (SSSR count). The maximum absolute atomic E-state index is 12.3. The Labute approximate surface area is 114 Å². The molecular formula is C15H21NO3. The highest BCUT2D eigenvalue weighted by molar-refractivity contribution is 5.69. The number of benzene rings is 1. The Kier molecular flexibility index (Phi) is 3.80. The van der Waals surface area contributed by atoms with E-state index < -0.39 is 5.72 Å². The van der Waals surface area contributed by atoms with E-state index in [1.165, 1.54) is 0 Å². The fourth-order valence-corrected chi connectivity index (χ4v) is 2.33. The van der Waals surface area contributed by atoms with E-state index in [9.17, 15) is 4.79 Å². The fourth-order valence-electron chi connectivity index (χ4n) is 2.33. The molecule has 1 unspecified atom stereocenters. The molecule has 1 amide bonds. The summed E-state index contributed by atoms with van der Waals surface area (Å²) in [4.78, 5) is 14.0. The summed E-state index contributed by atoms with van der Waals surface area (Å²) in [6.45, 7) is 7.96. The topological polar surface area (TPSA) is 38.8 Å². The summed E-state index contributed by atoms with van der Waals surface area (Å²) < 4.78 is 11.1. The van der Waals surface area contributed by atoms with Gasteiger partial charge in [-0.05, 0) is 33.3 Å². The fraction of sp³-hybridized carbons (Fsp3) is 0.533. The Hall–Kier alpha value is -1.55. The molecule has 0 bridgehead atoms.